The lowest BCUT2D eigenvalue weighted by atomic mass is 10.1. The highest BCUT2D eigenvalue weighted by molar-refractivity contribution is 7.99. The van der Waals surface area contributed by atoms with Crippen LogP contribution in [0.1, 0.15) is 12.5 Å². The van der Waals surface area contributed by atoms with E-state index in [2.05, 4.69) is 53.5 Å². The van der Waals surface area contributed by atoms with Gasteiger partial charge in [-0.25, -0.2) is 0 Å². The number of hydrogen-bond acceptors (Lipinski definition) is 4. The molecule has 1 heterocycles. The van der Waals surface area contributed by atoms with E-state index in [1.807, 2.05) is 19.2 Å². The van der Waals surface area contributed by atoms with E-state index in [9.17, 15) is 5.26 Å². The molecule has 1 N–H and O–H groups in total. The van der Waals surface area contributed by atoms with Gasteiger partial charge < -0.3 is 10.2 Å². The fourth-order valence-electron chi connectivity index (χ4n) is 2.82. The molecule has 2 aromatic rings. The summed E-state index contributed by atoms with van der Waals surface area (Å²) in [6.07, 6.45) is 0. The molecule has 1 atom stereocenters. The monoisotopic (exact) mass is 309 g/mol. The normalized spacial score (nSPS) is 14.0. The molecule has 0 bridgehead atoms. The van der Waals surface area contributed by atoms with Crippen molar-refractivity contribution < 1.29 is 0 Å². The lowest BCUT2D eigenvalue weighted by molar-refractivity contribution is 0.547. The molecule has 0 fully saturated rings. The van der Waals surface area contributed by atoms with Crippen molar-refractivity contribution in [1.82, 2.24) is 5.32 Å². The Labute approximate surface area is 135 Å². The fourth-order valence-corrected chi connectivity index (χ4v) is 3.90. The zero-order valence-corrected chi connectivity index (χ0v) is 13.7. The first-order valence-electron chi connectivity index (χ1n) is 7.46. The molecule has 2 aromatic carbocycles. The van der Waals surface area contributed by atoms with Crippen molar-refractivity contribution in [1.29, 1.82) is 5.26 Å². The highest BCUT2D eigenvalue weighted by atomic mass is 32.2. The lowest BCUT2D eigenvalue weighted by Gasteiger charge is -2.34. The van der Waals surface area contributed by atoms with Gasteiger partial charge in [-0.2, -0.15) is 5.26 Å². The molecule has 4 heteroatoms. The molecule has 0 radical (unpaired) electrons. The van der Waals surface area contributed by atoms with Gasteiger partial charge in [-0.1, -0.05) is 30.8 Å². The van der Waals surface area contributed by atoms with Crippen molar-refractivity contribution in [3.8, 4) is 6.07 Å². The molecule has 3 rings (SSSR count). The van der Waals surface area contributed by atoms with Crippen molar-refractivity contribution >= 4 is 23.1 Å². The third-order valence-electron chi connectivity index (χ3n) is 3.80. The summed E-state index contributed by atoms with van der Waals surface area (Å²) in [6, 6.07) is 16.7. The van der Waals surface area contributed by atoms with Crippen molar-refractivity contribution in [2.45, 2.75) is 16.7 Å². The van der Waals surface area contributed by atoms with Crippen LogP contribution < -0.4 is 10.2 Å². The van der Waals surface area contributed by atoms with E-state index in [1.165, 1.54) is 15.5 Å². The average molecular weight is 309 g/mol. The Hall–Kier alpha value is -1.96. The third-order valence-corrected chi connectivity index (χ3v) is 4.93. The minimum atomic E-state index is 0.514. The van der Waals surface area contributed by atoms with Gasteiger partial charge in [0.1, 0.15) is 0 Å². The number of rotatable bonds is 4. The van der Waals surface area contributed by atoms with E-state index in [0.717, 1.165) is 18.8 Å². The molecule has 112 valence electrons. The molecule has 1 aliphatic rings. The van der Waals surface area contributed by atoms with E-state index in [0.29, 0.717) is 11.5 Å². The maximum absolute atomic E-state index is 9.20. The Morgan fingerprint density at radius 1 is 1.18 bits per heavy atom. The van der Waals surface area contributed by atoms with Gasteiger partial charge in [0.05, 0.1) is 23.0 Å². The van der Waals surface area contributed by atoms with Crippen molar-refractivity contribution in [3.63, 3.8) is 0 Å². The quantitative estimate of drug-likeness (QED) is 0.926. The molecular formula is C18H19N3S. The molecule has 0 saturated carbocycles. The third kappa shape index (κ3) is 2.83. The van der Waals surface area contributed by atoms with Crippen LogP contribution in [-0.2, 0) is 0 Å². The zero-order chi connectivity index (χ0) is 15.5. The number of anilines is 2. The van der Waals surface area contributed by atoms with Crippen LogP contribution in [0.2, 0.25) is 0 Å². The summed E-state index contributed by atoms with van der Waals surface area (Å²) in [5.74, 6) is 0.514. The summed E-state index contributed by atoms with van der Waals surface area (Å²) in [4.78, 5) is 4.84. The zero-order valence-electron chi connectivity index (χ0n) is 12.8. The molecule has 0 unspecified atom stereocenters. The first-order chi connectivity index (χ1) is 10.7. The average Bonchev–Trinajstić information content (AvgIpc) is 2.54. The molecule has 0 saturated heterocycles. The first kappa shape index (κ1) is 15.0. The van der Waals surface area contributed by atoms with Crippen LogP contribution in [-0.4, -0.2) is 20.1 Å². The predicted octanol–water partition coefficient (Wildman–Crippen LogP) is 4.02. The number of hydrogen-bond donors (Lipinski definition) is 1. The van der Waals surface area contributed by atoms with Crippen LogP contribution in [0, 0.1) is 17.2 Å². The summed E-state index contributed by atoms with van der Waals surface area (Å²) in [7, 11) is 1.98. The number of fused-ring (bicyclic) bond motifs is 2. The molecule has 0 amide bonds. The van der Waals surface area contributed by atoms with Crippen molar-refractivity contribution in [3.05, 3.63) is 48.0 Å². The number of nitrogens with one attached hydrogen (secondary N) is 1. The second-order valence-corrected chi connectivity index (χ2v) is 6.72. The largest absolute Gasteiger partial charge is 0.339 e. The number of nitriles is 1. The molecular weight excluding hydrogens is 290 g/mol. The molecule has 0 aliphatic carbocycles. The SMILES string of the molecule is CNC[C@@H](C)CN1c2ccccc2Sc2ccc(C#N)cc21. The van der Waals surface area contributed by atoms with Crippen LogP contribution in [0.15, 0.2) is 52.3 Å². The first-order valence-corrected chi connectivity index (χ1v) is 8.27. The van der Waals surface area contributed by atoms with Gasteiger partial charge in [0.25, 0.3) is 0 Å². The maximum Gasteiger partial charge on any atom is 0.0992 e. The van der Waals surface area contributed by atoms with Gasteiger partial charge in [-0.3, -0.25) is 0 Å². The van der Waals surface area contributed by atoms with Gasteiger partial charge in [0.15, 0.2) is 0 Å². The van der Waals surface area contributed by atoms with Crippen molar-refractivity contribution in [2.75, 3.05) is 25.0 Å². The van der Waals surface area contributed by atoms with Crippen LogP contribution >= 0.6 is 11.8 Å². The summed E-state index contributed by atoms with van der Waals surface area (Å²) in [5.41, 5.74) is 3.09. The summed E-state index contributed by atoms with van der Waals surface area (Å²) in [6.45, 7) is 4.15. The highest BCUT2D eigenvalue weighted by Gasteiger charge is 2.24. The van der Waals surface area contributed by atoms with Gasteiger partial charge in [0.2, 0.25) is 0 Å². The minimum Gasteiger partial charge on any atom is -0.339 e. The Morgan fingerprint density at radius 2 is 1.95 bits per heavy atom. The molecule has 1 aliphatic heterocycles. The molecule has 22 heavy (non-hydrogen) atoms. The summed E-state index contributed by atoms with van der Waals surface area (Å²) in [5, 5.41) is 12.4. The second kappa shape index (κ2) is 6.43. The van der Waals surface area contributed by atoms with Crippen LogP contribution in [0.5, 0.6) is 0 Å². The van der Waals surface area contributed by atoms with Gasteiger partial charge in [-0.15, -0.1) is 0 Å². The topological polar surface area (TPSA) is 39.1 Å². The smallest absolute Gasteiger partial charge is 0.0992 e. The second-order valence-electron chi connectivity index (χ2n) is 5.64. The maximum atomic E-state index is 9.20. The highest BCUT2D eigenvalue weighted by Crippen LogP contribution is 2.48. The minimum absolute atomic E-state index is 0.514. The molecule has 0 aromatic heterocycles. The Balaban J connectivity index is 2.04. The standard InChI is InChI=1S/C18H19N3S/c1-13(11-20-2)12-21-15-5-3-4-6-17(15)22-18-8-7-14(10-19)9-16(18)21/h3-9,13,20H,11-12H2,1-2H3/t13-/m1/s1. The summed E-state index contributed by atoms with van der Waals surface area (Å²) < 4.78 is 0. The fraction of sp³-hybridized carbons (Fsp3) is 0.278. The lowest BCUT2D eigenvalue weighted by Crippen LogP contribution is -2.30. The Kier molecular flexibility index (Phi) is 4.37. The van der Waals surface area contributed by atoms with Gasteiger partial charge in [-0.05, 0) is 49.8 Å². The molecule has 3 nitrogen and oxygen atoms in total. The Bertz CT molecular complexity index is 721. The predicted molar refractivity (Wildman–Crippen MR) is 91.8 cm³/mol. The number of para-hydroxylation sites is 1. The van der Waals surface area contributed by atoms with Crippen LogP contribution in [0.25, 0.3) is 0 Å². The number of nitrogens with zero attached hydrogens (tertiary/aromatic N) is 2. The van der Waals surface area contributed by atoms with Crippen molar-refractivity contribution in [2.24, 2.45) is 5.92 Å². The van der Waals surface area contributed by atoms with Crippen LogP contribution in [0.4, 0.5) is 11.4 Å². The number of benzene rings is 2. The summed E-state index contributed by atoms with van der Waals surface area (Å²) >= 11 is 1.78. The van der Waals surface area contributed by atoms with Gasteiger partial charge >= 0.3 is 0 Å². The van der Waals surface area contributed by atoms with Gasteiger partial charge in [0, 0.05) is 16.3 Å². The Morgan fingerprint density at radius 3 is 2.73 bits per heavy atom. The van der Waals surface area contributed by atoms with Crippen LogP contribution in [0.3, 0.4) is 0 Å². The van der Waals surface area contributed by atoms with E-state index < -0.39 is 0 Å². The van der Waals surface area contributed by atoms with E-state index in [-0.39, 0.29) is 0 Å². The van der Waals surface area contributed by atoms with E-state index >= 15 is 0 Å². The van der Waals surface area contributed by atoms with E-state index in [1.54, 1.807) is 11.8 Å². The molecule has 0 spiro atoms. The van der Waals surface area contributed by atoms with E-state index in [4.69, 9.17) is 0 Å².